The minimum Gasteiger partial charge on any atom is -0.356 e. The molecule has 1 amide bonds. The lowest BCUT2D eigenvalue weighted by Crippen LogP contribution is -2.37. The van der Waals surface area contributed by atoms with Crippen molar-refractivity contribution in [3.8, 4) is 0 Å². The Morgan fingerprint density at radius 1 is 1.19 bits per heavy atom. The molecule has 1 saturated heterocycles. The Kier molecular flexibility index (Phi) is 5.34. The zero-order chi connectivity index (χ0) is 14.5. The predicted molar refractivity (Wildman–Crippen MR) is 86.1 cm³/mol. The molecule has 1 N–H and O–H groups in total. The topological polar surface area (TPSA) is 32.3 Å². The molecule has 118 valence electrons. The van der Waals surface area contributed by atoms with E-state index in [0.717, 1.165) is 25.4 Å². The third kappa shape index (κ3) is 4.84. The van der Waals surface area contributed by atoms with E-state index >= 15 is 0 Å². The van der Waals surface area contributed by atoms with Gasteiger partial charge in [0.1, 0.15) is 0 Å². The molecule has 0 spiro atoms. The van der Waals surface area contributed by atoms with Crippen LogP contribution in [0.1, 0.15) is 64.2 Å². The van der Waals surface area contributed by atoms with Gasteiger partial charge >= 0.3 is 0 Å². The van der Waals surface area contributed by atoms with Crippen molar-refractivity contribution in [1.29, 1.82) is 0 Å². The summed E-state index contributed by atoms with van der Waals surface area (Å²) in [6.45, 7) is 3.27. The van der Waals surface area contributed by atoms with Crippen LogP contribution in [0.5, 0.6) is 0 Å². The van der Waals surface area contributed by atoms with E-state index in [2.05, 4.69) is 16.3 Å². The van der Waals surface area contributed by atoms with E-state index in [1.165, 1.54) is 64.5 Å². The first-order chi connectivity index (χ1) is 10.3. The molecule has 2 aliphatic carbocycles. The van der Waals surface area contributed by atoms with Crippen LogP contribution in [0.15, 0.2) is 11.6 Å². The van der Waals surface area contributed by atoms with Crippen molar-refractivity contribution >= 4 is 5.91 Å². The normalized spacial score (nSPS) is 24.7. The molecular weight excluding hydrogens is 260 g/mol. The lowest BCUT2D eigenvalue weighted by Gasteiger charge is -2.31. The van der Waals surface area contributed by atoms with Gasteiger partial charge in [0.05, 0.1) is 0 Å². The molecule has 0 unspecified atom stereocenters. The van der Waals surface area contributed by atoms with Gasteiger partial charge in [-0.1, -0.05) is 11.6 Å². The second kappa shape index (κ2) is 7.44. The fourth-order valence-corrected chi connectivity index (χ4v) is 3.79. The van der Waals surface area contributed by atoms with E-state index in [9.17, 15) is 4.79 Å². The Morgan fingerprint density at radius 2 is 2.00 bits per heavy atom. The van der Waals surface area contributed by atoms with Gasteiger partial charge in [0, 0.05) is 19.0 Å². The van der Waals surface area contributed by atoms with Crippen molar-refractivity contribution in [3.63, 3.8) is 0 Å². The Hall–Kier alpha value is -0.830. The summed E-state index contributed by atoms with van der Waals surface area (Å²) >= 11 is 0. The molecule has 2 fully saturated rings. The summed E-state index contributed by atoms with van der Waals surface area (Å²) in [6.07, 6.45) is 14.6. The van der Waals surface area contributed by atoms with Crippen LogP contribution in [-0.4, -0.2) is 36.5 Å². The third-order valence-corrected chi connectivity index (χ3v) is 5.34. The summed E-state index contributed by atoms with van der Waals surface area (Å²) in [6, 6.07) is 0.892. The number of piperidine rings is 1. The van der Waals surface area contributed by atoms with Gasteiger partial charge in [-0.2, -0.15) is 0 Å². The quantitative estimate of drug-likeness (QED) is 0.762. The van der Waals surface area contributed by atoms with Crippen LogP contribution in [0.3, 0.4) is 0 Å². The van der Waals surface area contributed by atoms with Crippen LogP contribution < -0.4 is 5.32 Å². The van der Waals surface area contributed by atoms with Gasteiger partial charge in [0.2, 0.25) is 5.91 Å². The Morgan fingerprint density at radius 3 is 2.67 bits per heavy atom. The van der Waals surface area contributed by atoms with Crippen LogP contribution in [-0.2, 0) is 4.79 Å². The smallest absolute Gasteiger partial charge is 0.220 e. The molecule has 3 heteroatoms. The SMILES string of the molecule is O=C(CC1CCN(C2CC2)CC1)NCCC1=CCCCC1. The highest BCUT2D eigenvalue weighted by Crippen LogP contribution is 2.31. The average molecular weight is 290 g/mol. The van der Waals surface area contributed by atoms with E-state index in [1.54, 1.807) is 5.57 Å². The number of rotatable bonds is 6. The van der Waals surface area contributed by atoms with Crippen molar-refractivity contribution in [1.82, 2.24) is 10.2 Å². The number of nitrogens with one attached hydrogen (secondary N) is 1. The molecule has 3 rings (SSSR count). The van der Waals surface area contributed by atoms with Crippen LogP contribution in [0.2, 0.25) is 0 Å². The Bertz CT molecular complexity index is 379. The summed E-state index contributed by atoms with van der Waals surface area (Å²) in [4.78, 5) is 14.7. The average Bonchev–Trinajstić information content (AvgIpc) is 3.34. The molecule has 1 heterocycles. The van der Waals surface area contributed by atoms with E-state index in [4.69, 9.17) is 0 Å². The summed E-state index contributed by atoms with van der Waals surface area (Å²) in [5.41, 5.74) is 1.55. The minimum atomic E-state index is 0.274. The maximum absolute atomic E-state index is 12.0. The first-order valence-corrected chi connectivity index (χ1v) is 9.00. The van der Waals surface area contributed by atoms with Gasteiger partial charge in [-0.3, -0.25) is 4.79 Å². The fraction of sp³-hybridized carbons (Fsp3) is 0.833. The molecule has 1 aliphatic heterocycles. The number of hydrogen-bond donors (Lipinski definition) is 1. The van der Waals surface area contributed by atoms with E-state index in [1.807, 2.05) is 0 Å². The fourth-order valence-electron chi connectivity index (χ4n) is 3.79. The number of amides is 1. The maximum Gasteiger partial charge on any atom is 0.220 e. The van der Waals surface area contributed by atoms with E-state index < -0.39 is 0 Å². The van der Waals surface area contributed by atoms with Crippen molar-refractivity contribution in [2.75, 3.05) is 19.6 Å². The monoisotopic (exact) mass is 290 g/mol. The first kappa shape index (κ1) is 15.1. The number of likely N-dealkylation sites (tertiary alicyclic amines) is 1. The van der Waals surface area contributed by atoms with E-state index in [0.29, 0.717) is 5.92 Å². The second-order valence-electron chi connectivity index (χ2n) is 7.12. The minimum absolute atomic E-state index is 0.274. The molecule has 21 heavy (non-hydrogen) atoms. The lowest BCUT2D eigenvalue weighted by atomic mass is 9.93. The van der Waals surface area contributed by atoms with Crippen LogP contribution >= 0.6 is 0 Å². The zero-order valence-corrected chi connectivity index (χ0v) is 13.3. The Labute approximate surface area is 129 Å². The molecule has 0 aromatic rings. The van der Waals surface area contributed by atoms with Gasteiger partial charge in [0.25, 0.3) is 0 Å². The summed E-state index contributed by atoms with van der Waals surface area (Å²) in [5.74, 6) is 0.894. The number of nitrogens with zero attached hydrogens (tertiary/aromatic N) is 1. The van der Waals surface area contributed by atoms with Gasteiger partial charge in [0.15, 0.2) is 0 Å². The molecular formula is C18H30N2O. The van der Waals surface area contributed by atoms with Crippen molar-refractivity contribution in [2.24, 2.45) is 5.92 Å². The summed E-state index contributed by atoms with van der Waals surface area (Å²) in [7, 11) is 0. The maximum atomic E-state index is 12.0. The van der Waals surface area contributed by atoms with Gasteiger partial charge in [-0.25, -0.2) is 0 Å². The van der Waals surface area contributed by atoms with Crippen molar-refractivity contribution < 1.29 is 4.79 Å². The van der Waals surface area contributed by atoms with Gasteiger partial charge in [-0.05, 0) is 76.8 Å². The van der Waals surface area contributed by atoms with Crippen molar-refractivity contribution in [3.05, 3.63) is 11.6 Å². The molecule has 0 aromatic heterocycles. The molecule has 0 aromatic carbocycles. The third-order valence-electron chi connectivity index (χ3n) is 5.34. The highest BCUT2D eigenvalue weighted by Gasteiger charge is 2.32. The van der Waals surface area contributed by atoms with Gasteiger partial charge < -0.3 is 10.2 Å². The second-order valence-corrected chi connectivity index (χ2v) is 7.12. The van der Waals surface area contributed by atoms with E-state index in [-0.39, 0.29) is 5.91 Å². The Balaban J connectivity index is 1.28. The standard InChI is InChI=1S/C18H30N2O/c21-18(19-11-8-15-4-2-1-3-5-15)14-16-9-12-20(13-10-16)17-6-7-17/h4,16-17H,1-3,5-14H2,(H,19,21). The predicted octanol–water partition coefficient (Wildman–Crippen LogP) is 3.26. The number of hydrogen-bond acceptors (Lipinski definition) is 2. The van der Waals surface area contributed by atoms with Crippen LogP contribution in [0.4, 0.5) is 0 Å². The molecule has 0 atom stereocenters. The molecule has 3 aliphatic rings. The summed E-state index contributed by atoms with van der Waals surface area (Å²) in [5, 5.41) is 3.13. The molecule has 0 bridgehead atoms. The lowest BCUT2D eigenvalue weighted by molar-refractivity contribution is -0.122. The molecule has 1 saturated carbocycles. The van der Waals surface area contributed by atoms with Gasteiger partial charge in [-0.15, -0.1) is 0 Å². The first-order valence-electron chi connectivity index (χ1n) is 9.00. The van der Waals surface area contributed by atoms with Crippen LogP contribution in [0.25, 0.3) is 0 Å². The highest BCUT2D eigenvalue weighted by atomic mass is 16.1. The number of allylic oxidation sites excluding steroid dienone is 1. The van der Waals surface area contributed by atoms with Crippen molar-refractivity contribution in [2.45, 2.75) is 70.3 Å². The molecule has 0 radical (unpaired) electrons. The number of carbonyl (C=O) groups is 1. The van der Waals surface area contributed by atoms with Crippen LogP contribution in [0, 0.1) is 5.92 Å². The molecule has 3 nitrogen and oxygen atoms in total. The highest BCUT2D eigenvalue weighted by molar-refractivity contribution is 5.76. The number of carbonyl (C=O) groups excluding carboxylic acids is 1. The summed E-state index contributed by atoms with van der Waals surface area (Å²) < 4.78 is 0. The largest absolute Gasteiger partial charge is 0.356 e. The zero-order valence-electron chi connectivity index (χ0n) is 13.3.